The zero-order valence-corrected chi connectivity index (χ0v) is 13.6. The molecule has 0 radical (unpaired) electrons. The molecule has 2 aliphatic rings. The van der Waals surface area contributed by atoms with Gasteiger partial charge in [-0.15, -0.1) is 0 Å². The number of fused-ring (bicyclic) bond motifs is 1. The fraction of sp³-hybridized carbons (Fsp3) is 0.444. The van der Waals surface area contributed by atoms with E-state index in [4.69, 9.17) is 4.74 Å². The Balaban J connectivity index is 1.97. The number of carbonyl (C=O) groups excluding carboxylic acids is 2. The van der Waals surface area contributed by atoms with Gasteiger partial charge in [0.25, 0.3) is 5.91 Å². The lowest BCUT2D eigenvalue weighted by Gasteiger charge is -2.18. The first-order chi connectivity index (χ1) is 10.8. The van der Waals surface area contributed by atoms with E-state index in [-0.39, 0.29) is 17.2 Å². The van der Waals surface area contributed by atoms with E-state index < -0.39 is 17.4 Å². The summed E-state index contributed by atoms with van der Waals surface area (Å²) >= 11 is 0. The highest BCUT2D eigenvalue weighted by molar-refractivity contribution is 6.34. The van der Waals surface area contributed by atoms with Crippen LogP contribution in [-0.2, 0) is 14.3 Å². The molecule has 0 atom stereocenters. The van der Waals surface area contributed by atoms with E-state index in [1.165, 1.54) is 17.0 Å². The summed E-state index contributed by atoms with van der Waals surface area (Å²) in [7, 11) is 0. The molecule has 1 aromatic rings. The summed E-state index contributed by atoms with van der Waals surface area (Å²) in [5.74, 6) is -0.941. The second kappa shape index (κ2) is 5.48. The van der Waals surface area contributed by atoms with Crippen LogP contribution in [0.2, 0.25) is 0 Å². The molecule has 0 unspecified atom stereocenters. The van der Waals surface area contributed by atoms with Crippen molar-refractivity contribution in [3.8, 4) is 0 Å². The Morgan fingerprint density at radius 2 is 2.09 bits per heavy atom. The highest BCUT2D eigenvalue weighted by atomic mass is 19.1. The van der Waals surface area contributed by atoms with Crippen molar-refractivity contribution in [2.75, 3.05) is 11.4 Å². The number of benzene rings is 1. The van der Waals surface area contributed by atoms with Gasteiger partial charge in [0.2, 0.25) is 0 Å². The average molecular weight is 317 g/mol. The van der Waals surface area contributed by atoms with Gasteiger partial charge in [-0.25, -0.2) is 9.18 Å². The number of nitrogens with zero attached hydrogens (tertiary/aromatic N) is 1. The van der Waals surface area contributed by atoms with Crippen molar-refractivity contribution in [2.24, 2.45) is 5.92 Å². The molecule has 1 amide bonds. The first-order valence-corrected chi connectivity index (χ1v) is 7.82. The molecule has 1 aromatic carbocycles. The number of halogens is 1. The summed E-state index contributed by atoms with van der Waals surface area (Å²) in [5.41, 5.74) is 0.295. The van der Waals surface area contributed by atoms with Gasteiger partial charge in [0, 0.05) is 18.2 Å². The van der Waals surface area contributed by atoms with Gasteiger partial charge in [-0.05, 0) is 45.6 Å². The Kier molecular flexibility index (Phi) is 3.74. The van der Waals surface area contributed by atoms with Gasteiger partial charge in [0.1, 0.15) is 11.4 Å². The lowest BCUT2D eigenvalue weighted by Crippen LogP contribution is -2.29. The minimum absolute atomic E-state index is 0.203. The number of ether oxygens (including phenoxy) is 1. The molecule has 1 aliphatic carbocycles. The van der Waals surface area contributed by atoms with Crippen LogP contribution in [0.25, 0.3) is 5.57 Å². The quantitative estimate of drug-likeness (QED) is 0.635. The van der Waals surface area contributed by atoms with Gasteiger partial charge in [-0.2, -0.15) is 0 Å². The van der Waals surface area contributed by atoms with E-state index in [0.29, 0.717) is 18.0 Å². The molecule has 0 spiro atoms. The summed E-state index contributed by atoms with van der Waals surface area (Å²) in [4.78, 5) is 26.2. The van der Waals surface area contributed by atoms with Crippen molar-refractivity contribution >= 4 is 23.1 Å². The van der Waals surface area contributed by atoms with Crippen molar-refractivity contribution in [1.29, 1.82) is 0 Å². The maximum absolute atomic E-state index is 14.2. The van der Waals surface area contributed by atoms with Crippen LogP contribution in [0.3, 0.4) is 0 Å². The SMILES string of the molecule is CC(C)(C)OC(=O)/C=C1/C(=O)N(CC2CC2)c2c(F)cccc21. The molecule has 0 saturated heterocycles. The minimum atomic E-state index is -0.645. The molecule has 1 fully saturated rings. The molecule has 0 bridgehead atoms. The number of para-hydroxylation sites is 1. The number of hydrogen-bond donors (Lipinski definition) is 0. The molecule has 0 N–H and O–H groups in total. The van der Waals surface area contributed by atoms with E-state index in [1.54, 1.807) is 32.9 Å². The third-order valence-electron chi connectivity index (χ3n) is 3.83. The molecule has 0 aromatic heterocycles. The topological polar surface area (TPSA) is 46.6 Å². The van der Waals surface area contributed by atoms with E-state index in [0.717, 1.165) is 12.8 Å². The lowest BCUT2D eigenvalue weighted by atomic mass is 10.1. The van der Waals surface area contributed by atoms with Gasteiger partial charge in [0.05, 0.1) is 11.3 Å². The average Bonchev–Trinajstić information content (AvgIpc) is 3.19. The summed E-state index contributed by atoms with van der Waals surface area (Å²) in [6.07, 6.45) is 3.29. The normalized spacial score (nSPS) is 19.2. The number of carbonyl (C=O) groups is 2. The number of esters is 1. The molecule has 5 heteroatoms. The van der Waals surface area contributed by atoms with Crippen LogP contribution in [0.5, 0.6) is 0 Å². The Labute approximate surface area is 134 Å². The van der Waals surface area contributed by atoms with E-state index >= 15 is 0 Å². The minimum Gasteiger partial charge on any atom is -0.457 e. The molecule has 3 rings (SSSR count). The first kappa shape index (κ1) is 15.7. The molecular formula is C18H20FNO3. The van der Waals surface area contributed by atoms with Crippen molar-refractivity contribution < 1.29 is 18.7 Å². The Bertz CT molecular complexity index is 699. The third-order valence-corrected chi connectivity index (χ3v) is 3.83. The standard InChI is InChI=1S/C18H20FNO3/c1-18(2,3)23-15(21)9-13-12-5-4-6-14(19)16(12)20(17(13)22)10-11-7-8-11/h4-6,9,11H,7-8,10H2,1-3H3/b13-9+. The second-order valence-corrected chi connectivity index (χ2v) is 7.09. The largest absolute Gasteiger partial charge is 0.457 e. The summed E-state index contributed by atoms with van der Waals surface area (Å²) in [6, 6.07) is 4.55. The maximum atomic E-state index is 14.2. The van der Waals surface area contributed by atoms with Gasteiger partial charge in [-0.3, -0.25) is 4.79 Å². The molecule has 122 valence electrons. The van der Waals surface area contributed by atoms with Crippen LogP contribution in [0.4, 0.5) is 10.1 Å². The Hall–Kier alpha value is -2.17. The van der Waals surface area contributed by atoms with Crippen molar-refractivity contribution in [2.45, 2.75) is 39.2 Å². The van der Waals surface area contributed by atoms with Gasteiger partial charge < -0.3 is 9.64 Å². The van der Waals surface area contributed by atoms with Crippen LogP contribution in [-0.4, -0.2) is 24.0 Å². The van der Waals surface area contributed by atoms with Crippen LogP contribution in [0.1, 0.15) is 39.2 Å². The van der Waals surface area contributed by atoms with E-state index in [2.05, 4.69) is 0 Å². The van der Waals surface area contributed by atoms with Crippen molar-refractivity contribution in [1.82, 2.24) is 0 Å². The fourth-order valence-electron chi connectivity index (χ4n) is 2.69. The molecular weight excluding hydrogens is 297 g/mol. The lowest BCUT2D eigenvalue weighted by molar-refractivity contribution is -0.148. The number of hydrogen-bond acceptors (Lipinski definition) is 3. The fourth-order valence-corrected chi connectivity index (χ4v) is 2.69. The first-order valence-electron chi connectivity index (χ1n) is 7.82. The summed E-state index contributed by atoms with van der Waals surface area (Å²) < 4.78 is 19.5. The predicted molar refractivity (Wildman–Crippen MR) is 85.3 cm³/mol. The number of anilines is 1. The highest BCUT2D eigenvalue weighted by Crippen LogP contribution is 2.41. The van der Waals surface area contributed by atoms with Gasteiger partial charge in [-0.1, -0.05) is 12.1 Å². The van der Waals surface area contributed by atoms with E-state index in [1.807, 2.05) is 0 Å². The monoisotopic (exact) mass is 317 g/mol. The summed E-state index contributed by atoms with van der Waals surface area (Å²) in [6.45, 7) is 5.77. The zero-order chi connectivity index (χ0) is 16.8. The predicted octanol–water partition coefficient (Wildman–Crippen LogP) is 3.31. The Morgan fingerprint density at radius 3 is 2.70 bits per heavy atom. The molecule has 1 saturated carbocycles. The molecule has 1 aliphatic heterocycles. The maximum Gasteiger partial charge on any atom is 0.332 e. The molecule has 23 heavy (non-hydrogen) atoms. The van der Waals surface area contributed by atoms with Gasteiger partial charge >= 0.3 is 5.97 Å². The van der Waals surface area contributed by atoms with Crippen LogP contribution in [0, 0.1) is 11.7 Å². The Morgan fingerprint density at radius 1 is 1.39 bits per heavy atom. The number of amides is 1. The van der Waals surface area contributed by atoms with Crippen LogP contribution in [0.15, 0.2) is 24.3 Å². The van der Waals surface area contributed by atoms with Crippen LogP contribution >= 0.6 is 0 Å². The van der Waals surface area contributed by atoms with E-state index in [9.17, 15) is 14.0 Å². The molecule has 1 heterocycles. The van der Waals surface area contributed by atoms with Gasteiger partial charge in [0.15, 0.2) is 0 Å². The van der Waals surface area contributed by atoms with Crippen LogP contribution < -0.4 is 4.90 Å². The molecule has 4 nitrogen and oxygen atoms in total. The number of rotatable bonds is 3. The highest BCUT2D eigenvalue weighted by Gasteiger charge is 2.38. The zero-order valence-electron chi connectivity index (χ0n) is 13.6. The van der Waals surface area contributed by atoms with Crippen molar-refractivity contribution in [3.63, 3.8) is 0 Å². The van der Waals surface area contributed by atoms with Crippen molar-refractivity contribution in [3.05, 3.63) is 35.7 Å². The summed E-state index contributed by atoms with van der Waals surface area (Å²) in [5, 5.41) is 0. The third kappa shape index (κ3) is 3.28. The second-order valence-electron chi connectivity index (χ2n) is 7.09. The smallest absolute Gasteiger partial charge is 0.332 e.